The van der Waals surface area contributed by atoms with E-state index in [1.807, 2.05) is 0 Å². The van der Waals surface area contributed by atoms with E-state index in [-0.39, 0.29) is 11.4 Å². The van der Waals surface area contributed by atoms with E-state index in [1.165, 1.54) is 12.1 Å². The van der Waals surface area contributed by atoms with Gasteiger partial charge in [-0.15, -0.1) is 0 Å². The molecule has 21 heavy (non-hydrogen) atoms. The summed E-state index contributed by atoms with van der Waals surface area (Å²) >= 11 is 0. The van der Waals surface area contributed by atoms with E-state index < -0.39 is 24.2 Å². The third-order valence-corrected chi connectivity index (χ3v) is 2.84. The first-order valence-electron chi connectivity index (χ1n) is 5.65. The number of nitrogens with two attached hydrogens (primary N) is 1. The van der Waals surface area contributed by atoms with Crippen LogP contribution < -0.4 is 11.1 Å². The van der Waals surface area contributed by atoms with E-state index in [9.17, 15) is 31.1 Å². The van der Waals surface area contributed by atoms with Crippen LogP contribution in [0.5, 0.6) is 0 Å². The maximum atomic E-state index is 12.4. The van der Waals surface area contributed by atoms with Gasteiger partial charge in [-0.25, -0.2) is 0 Å². The van der Waals surface area contributed by atoms with Crippen molar-refractivity contribution in [1.29, 1.82) is 0 Å². The molecule has 0 aliphatic heterocycles. The van der Waals surface area contributed by atoms with Gasteiger partial charge in [-0.3, -0.25) is 4.79 Å². The van der Waals surface area contributed by atoms with Crippen molar-refractivity contribution in [2.45, 2.75) is 26.2 Å². The van der Waals surface area contributed by atoms with Gasteiger partial charge in [-0.1, -0.05) is 0 Å². The van der Waals surface area contributed by atoms with E-state index in [4.69, 9.17) is 5.73 Å². The molecule has 0 aliphatic carbocycles. The number of hydrogen-bond acceptors (Lipinski definition) is 2. The number of nitrogen functional groups attached to an aromatic ring is 1. The Hall–Kier alpha value is -1.93. The monoisotopic (exact) mass is 314 g/mol. The van der Waals surface area contributed by atoms with Crippen LogP contribution in [0.25, 0.3) is 0 Å². The summed E-state index contributed by atoms with van der Waals surface area (Å²) in [5, 5.41) is 1.59. The van der Waals surface area contributed by atoms with Crippen molar-refractivity contribution in [3.63, 3.8) is 0 Å². The molecule has 1 aromatic rings. The lowest BCUT2D eigenvalue weighted by atomic mass is 10.1. The Morgan fingerprint density at radius 3 is 1.90 bits per heavy atom. The van der Waals surface area contributed by atoms with Gasteiger partial charge in [0.2, 0.25) is 11.8 Å². The van der Waals surface area contributed by atoms with Crippen molar-refractivity contribution in [1.82, 2.24) is 0 Å². The second kappa shape index (κ2) is 5.45. The number of halogens is 6. The van der Waals surface area contributed by atoms with Crippen LogP contribution in [-0.2, 0) is 4.79 Å². The molecule has 0 aliphatic rings. The Morgan fingerprint density at radius 2 is 1.48 bits per heavy atom. The largest absolute Gasteiger partial charge is 0.409 e. The molecule has 1 rings (SSSR count). The van der Waals surface area contributed by atoms with E-state index in [1.54, 1.807) is 19.2 Å². The summed E-state index contributed by atoms with van der Waals surface area (Å²) in [7, 11) is 0. The third kappa shape index (κ3) is 4.02. The molecule has 0 saturated heterocycles. The number of rotatable bonds is 2. The first-order valence-corrected chi connectivity index (χ1v) is 5.65. The Bertz CT molecular complexity index is 536. The van der Waals surface area contributed by atoms with E-state index in [0.29, 0.717) is 11.1 Å². The van der Waals surface area contributed by atoms with Crippen LogP contribution >= 0.6 is 0 Å². The van der Waals surface area contributed by atoms with Gasteiger partial charge in [0.1, 0.15) is 0 Å². The van der Waals surface area contributed by atoms with Crippen LogP contribution in [0.4, 0.5) is 37.7 Å². The Balaban J connectivity index is 3.12. The lowest BCUT2D eigenvalue weighted by molar-refractivity contribution is -0.272. The molecule has 3 N–H and O–H groups in total. The number of aryl methyl sites for hydroxylation is 2. The first-order chi connectivity index (χ1) is 9.34. The minimum absolute atomic E-state index is 0.116. The summed E-state index contributed by atoms with van der Waals surface area (Å²) < 4.78 is 74.4. The molecule has 0 radical (unpaired) electrons. The lowest BCUT2D eigenvalue weighted by Crippen LogP contribution is -2.45. The third-order valence-electron chi connectivity index (χ3n) is 2.84. The Kier molecular flexibility index (Phi) is 4.45. The predicted octanol–water partition coefficient (Wildman–Crippen LogP) is 3.56. The number of carbonyl (C=O) groups is 1. The average Bonchev–Trinajstić information content (AvgIpc) is 2.21. The van der Waals surface area contributed by atoms with Crippen molar-refractivity contribution in [2.75, 3.05) is 11.1 Å². The molecule has 0 unspecified atom stereocenters. The van der Waals surface area contributed by atoms with Gasteiger partial charge in [0, 0.05) is 0 Å². The lowest BCUT2D eigenvalue weighted by Gasteiger charge is -2.22. The van der Waals surface area contributed by atoms with Gasteiger partial charge >= 0.3 is 12.4 Å². The molecule has 3 nitrogen and oxygen atoms in total. The summed E-state index contributed by atoms with van der Waals surface area (Å²) in [6, 6.07) is 2.56. The molecule has 0 fully saturated rings. The van der Waals surface area contributed by atoms with E-state index in [2.05, 4.69) is 0 Å². The Morgan fingerprint density at radius 1 is 1.05 bits per heavy atom. The fourth-order valence-corrected chi connectivity index (χ4v) is 1.63. The molecule has 0 atom stereocenters. The van der Waals surface area contributed by atoms with Crippen molar-refractivity contribution < 1.29 is 31.1 Å². The molecule has 0 bridgehead atoms. The topological polar surface area (TPSA) is 55.1 Å². The smallest absolute Gasteiger partial charge is 0.397 e. The predicted molar refractivity (Wildman–Crippen MR) is 64.6 cm³/mol. The molecular weight excluding hydrogens is 302 g/mol. The number of anilines is 2. The van der Waals surface area contributed by atoms with Crippen molar-refractivity contribution in [3.05, 3.63) is 23.3 Å². The zero-order valence-electron chi connectivity index (χ0n) is 11.0. The molecule has 0 aromatic heterocycles. The number of amides is 1. The molecular formula is C12H12F6N2O. The maximum absolute atomic E-state index is 12.4. The SMILES string of the molecule is Cc1cc(N)c(NC(=O)C(C(F)(F)F)C(F)(F)F)cc1C. The summed E-state index contributed by atoms with van der Waals surface area (Å²) in [6.45, 7) is 3.24. The van der Waals surface area contributed by atoms with Crippen LogP contribution in [0, 0.1) is 19.8 Å². The summed E-state index contributed by atoms with van der Waals surface area (Å²) in [6.07, 6.45) is -11.5. The van der Waals surface area contributed by atoms with Gasteiger partial charge in [0.25, 0.3) is 0 Å². The van der Waals surface area contributed by atoms with E-state index >= 15 is 0 Å². The summed E-state index contributed by atoms with van der Waals surface area (Å²) in [5.41, 5.74) is 6.33. The molecule has 0 saturated carbocycles. The number of alkyl halides is 6. The highest BCUT2D eigenvalue weighted by molar-refractivity contribution is 5.96. The zero-order chi connectivity index (χ0) is 16.6. The van der Waals surface area contributed by atoms with Crippen molar-refractivity contribution >= 4 is 17.3 Å². The minimum Gasteiger partial charge on any atom is -0.397 e. The number of hydrogen-bond donors (Lipinski definition) is 2. The fraction of sp³-hybridized carbons (Fsp3) is 0.417. The molecule has 1 aromatic carbocycles. The molecule has 0 spiro atoms. The van der Waals surface area contributed by atoms with Crippen LogP contribution in [0.1, 0.15) is 11.1 Å². The highest BCUT2D eigenvalue weighted by Gasteiger charge is 2.61. The molecule has 9 heteroatoms. The number of nitrogens with one attached hydrogen (secondary N) is 1. The van der Waals surface area contributed by atoms with E-state index in [0.717, 1.165) is 0 Å². The summed E-state index contributed by atoms with van der Waals surface area (Å²) in [4.78, 5) is 11.3. The van der Waals surface area contributed by atoms with Crippen molar-refractivity contribution in [2.24, 2.45) is 5.92 Å². The molecule has 118 valence electrons. The minimum atomic E-state index is -5.74. The van der Waals surface area contributed by atoms with Crippen LogP contribution in [0.2, 0.25) is 0 Å². The summed E-state index contributed by atoms with van der Waals surface area (Å²) in [5.74, 6) is -6.32. The van der Waals surface area contributed by atoms with Crippen molar-refractivity contribution in [3.8, 4) is 0 Å². The van der Waals surface area contributed by atoms with Gasteiger partial charge in [0.05, 0.1) is 11.4 Å². The first kappa shape index (κ1) is 17.1. The van der Waals surface area contributed by atoms with Gasteiger partial charge in [-0.2, -0.15) is 26.3 Å². The second-order valence-corrected chi connectivity index (χ2v) is 4.53. The Labute approximate surface area is 116 Å². The quantitative estimate of drug-likeness (QED) is 0.648. The number of carbonyl (C=O) groups excluding carboxylic acids is 1. The fourth-order valence-electron chi connectivity index (χ4n) is 1.63. The van der Waals surface area contributed by atoms with Crippen LogP contribution in [0.15, 0.2) is 12.1 Å². The highest BCUT2D eigenvalue weighted by atomic mass is 19.4. The van der Waals surface area contributed by atoms with Gasteiger partial charge in [0.15, 0.2) is 0 Å². The number of benzene rings is 1. The molecule has 1 amide bonds. The highest BCUT2D eigenvalue weighted by Crippen LogP contribution is 2.40. The standard InChI is InChI=1S/C12H12F6N2O/c1-5-3-7(19)8(4-6(5)2)20-10(21)9(11(13,14)15)12(16,17)18/h3-4,9H,19H2,1-2H3,(H,20,21). The van der Waals surface area contributed by atoms with Gasteiger partial charge in [-0.05, 0) is 37.1 Å². The van der Waals surface area contributed by atoms with Crippen LogP contribution in [0.3, 0.4) is 0 Å². The maximum Gasteiger partial charge on any atom is 0.409 e. The molecule has 0 heterocycles. The van der Waals surface area contributed by atoms with Gasteiger partial charge < -0.3 is 11.1 Å². The van der Waals surface area contributed by atoms with Crippen LogP contribution in [-0.4, -0.2) is 18.3 Å². The average molecular weight is 314 g/mol. The normalized spacial score (nSPS) is 12.6. The second-order valence-electron chi connectivity index (χ2n) is 4.53. The zero-order valence-corrected chi connectivity index (χ0v) is 11.0.